The van der Waals surface area contributed by atoms with E-state index in [1.165, 1.54) is 3.97 Å². The summed E-state index contributed by atoms with van der Waals surface area (Å²) in [5, 5.41) is 4.29. The van der Waals surface area contributed by atoms with Crippen molar-refractivity contribution < 1.29 is 13.2 Å². The van der Waals surface area contributed by atoms with E-state index >= 15 is 0 Å². The summed E-state index contributed by atoms with van der Waals surface area (Å²) < 4.78 is 32.7. The fraction of sp³-hybridized carbons (Fsp3) is 0.263. The van der Waals surface area contributed by atoms with Gasteiger partial charge in [-0.1, -0.05) is 6.07 Å². The van der Waals surface area contributed by atoms with Crippen LogP contribution in [0.2, 0.25) is 0 Å². The zero-order valence-corrected chi connectivity index (χ0v) is 15.4. The maximum Gasteiger partial charge on any atom is 0.268 e. The van der Waals surface area contributed by atoms with E-state index in [1.807, 2.05) is 18.2 Å². The highest BCUT2D eigenvalue weighted by molar-refractivity contribution is 7.90. The Balaban J connectivity index is 1.79. The van der Waals surface area contributed by atoms with Gasteiger partial charge in [-0.2, -0.15) is 0 Å². The van der Waals surface area contributed by atoms with Gasteiger partial charge >= 0.3 is 0 Å². The first kappa shape index (κ1) is 16.9. The Hall–Kier alpha value is -2.51. The second-order valence-corrected chi connectivity index (χ2v) is 8.05. The Bertz CT molecular complexity index is 1020. The molecule has 0 saturated carbocycles. The first-order chi connectivity index (χ1) is 12.6. The highest BCUT2D eigenvalue weighted by atomic mass is 32.2. The van der Waals surface area contributed by atoms with Gasteiger partial charge in [-0.25, -0.2) is 12.4 Å². The molecule has 0 atom stereocenters. The van der Waals surface area contributed by atoms with E-state index in [4.69, 9.17) is 4.74 Å². The first-order valence-corrected chi connectivity index (χ1v) is 10.0. The highest BCUT2D eigenvalue weighted by Crippen LogP contribution is 2.30. The lowest BCUT2D eigenvalue weighted by Gasteiger charge is -2.30. The molecule has 1 aliphatic heterocycles. The van der Waals surface area contributed by atoms with Crippen LogP contribution in [0.15, 0.2) is 59.6 Å². The smallest absolute Gasteiger partial charge is 0.268 e. The predicted molar refractivity (Wildman–Crippen MR) is 103 cm³/mol. The number of rotatable bonds is 4. The molecule has 26 heavy (non-hydrogen) atoms. The molecule has 136 valence electrons. The van der Waals surface area contributed by atoms with E-state index in [0.29, 0.717) is 11.3 Å². The number of hydrogen-bond donors (Lipinski definition) is 1. The van der Waals surface area contributed by atoms with Crippen LogP contribution in [0.5, 0.6) is 5.75 Å². The SMILES string of the molecule is COc1ccc(S(=O)(=O)n2ccc3c(N4CCNCC4)cccc32)cc1. The lowest BCUT2D eigenvalue weighted by Crippen LogP contribution is -2.43. The van der Waals surface area contributed by atoms with Crippen molar-refractivity contribution in [1.29, 1.82) is 0 Å². The molecule has 6 nitrogen and oxygen atoms in total. The van der Waals surface area contributed by atoms with E-state index in [9.17, 15) is 8.42 Å². The van der Waals surface area contributed by atoms with Crippen LogP contribution in [-0.4, -0.2) is 45.7 Å². The van der Waals surface area contributed by atoms with Crippen LogP contribution in [0.1, 0.15) is 0 Å². The molecule has 1 saturated heterocycles. The second-order valence-electron chi connectivity index (χ2n) is 6.24. The van der Waals surface area contributed by atoms with Gasteiger partial charge in [0.05, 0.1) is 17.5 Å². The van der Waals surface area contributed by atoms with Crippen LogP contribution in [0.4, 0.5) is 5.69 Å². The fourth-order valence-electron chi connectivity index (χ4n) is 3.38. The molecule has 1 fully saturated rings. The number of anilines is 1. The molecule has 1 aromatic heterocycles. The van der Waals surface area contributed by atoms with Crippen LogP contribution in [0, 0.1) is 0 Å². The van der Waals surface area contributed by atoms with Crippen molar-refractivity contribution in [2.45, 2.75) is 4.90 Å². The quantitative estimate of drug-likeness (QED) is 0.762. The molecule has 0 amide bonds. The summed E-state index contributed by atoms with van der Waals surface area (Å²) in [7, 11) is -2.11. The van der Waals surface area contributed by atoms with Gasteiger partial charge in [0.1, 0.15) is 5.75 Å². The van der Waals surface area contributed by atoms with Crippen molar-refractivity contribution in [3.05, 3.63) is 54.7 Å². The molecular formula is C19H21N3O3S. The minimum atomic E-state index is -3.66. The van der Waals surface area contributed by atoms with Gasteiger partial charge in [-0.05, 0) is 42.5 Å². The van der Waals surface area contributed by atoms with Crippen LogP contribution < -0.4 is 15.0 Å². The third-order valence-electron chi connectivity index (χ3n) is 4.75. The average Bonchev–Trinajstić information content (AvgIpc) is 3.14. The maximum atomic E-state index is 13.1. The van der Waals surface area contributed by atoms with Crippen LogP contribution in [-0.2, 0) is 10.0 Å². The lowest BCUT2D eigenvalue weighted by atomic mass is 10.2. The van der Waals surface area contributed by atoms with Gasteiger partial charge in [-0.15, -0.1) is 0 Å². The molecule has 0 radical (unpaired) electrons. The van der Waals surface area contributed by atoms with Crippen LogP contribution in [0.25, 0.3) is 10.9 Å². The third kappa shape index (κ3) is 2.83. The molecule has 2 aromatic carbocycles. The number of nitrogens with one attached hydrogen (secondary N) is 1. The second kappa shape index (κ2) is 6.66. The highest BCUT2D eigenvalue weighted by Gasteiger charge is 2.21. The maximum absolute atomic E-state index is 13.1. The predicted octanol–water partition coefficient (Wildman–Crippen LogP) is 2.30. The normalized spacial score (nSPS) is 15.3. The Labute approximate surface area is 153 Å². The molecule has 7 heteroatoms. The van der Waals surface area contributed by atoms with Crippen molar-refractivity contribution in [3.8, 4) is 5.75 Å². The van der Waals surface area contributed by atoms with Crippen molar-refractivity contribution in [1.82, 2.24) is 9.29 Å². The zero-order valence-electron chi connectivity index (χ0n) is 14.6. The third-order valence-corrected chi connectivity index (χ3v) is 6.45. The molecule has 1 N–H and O–H groups in total. The number of methoxy groups -OCH3 is 1. The Morgan fingerprint density at radius 3 is 2.42 bits per heavy atom. The molecule has 1 aliphatic rings. The number of benzene rings is 2. The molecule has 3 aromatic rings. The molecular weight excluding hydrogens is 350 g/mol. The van der Waals surface area contributed by atoms with Crippen molar-refractivity contribution >= 4 is 26.6 Å². The van der Waals surface area contributed by atoms with Gasteiger partial charge < -0.3 is 15.0 Å². The topological polar surface area (TPSA) is 63.6 Å². The number of fused-ring (bicyclic) bond motifs is 1. The Morgan fingerprint density at radius 2 is 1.73 bits per heavy atom. The van der Waals surface area contributed by atoms with E-state index in [0.717, 1.165) is 37.3 Å². The van der Waals surface area contributed by atoms with E-state index in [-0.39, 0.29) is 4.90 Å². The minimum absolute atomic E-state index is 0.239. The first-order valence-electron chi connectivity index (χ1n) is 8.56. The largest absolute Gasteiger partial charge is 0.497 e. The zero-order chi connectivity index (χ0) is 18.1. The molecule has 0 aliphatic carbocycles. The summed E-state index contributed by atoms with van der Waals surface area (Å²) in [6.45, 7) is 3.69. The van der Waals surface area contributed by atoms with Gasteiger partial charge in [0.25, 0.3) is 10.0 Å². The average molecular weight is 371 g/mol. The summed E-state index contributed by atoms with van der Waals surface area (Å²) in [6, 6.07) is 14.2. The van der Waals surface area contributed by atoms with Crippen molar-refractivity contribution in [2.75, 3.05) is 38.2 Å². The Kier molecular flexibility index (Phi) is 4.34. The summed E-state index contributed by atoms with van der Waals surface area (Å²) >= 11 is 0. The molecule has 0 spiro atoms. The van der Waals surface area contributed by atoms with E-state index in [2.05, 4.69) is 16.3 Å². The van der Waals surface area contributed by atoms with Gasteiger partial charge in [0, 0.05) is 43.4 Å². The number of hydrogen-bond acceptors (Lipinski definition) is 5. The monoisotopic (exact) mass is 371 g/mol. The fourth-order valence-corrected chi connectivity index (χ4v) is 4.73. The standard InChI is InChI=1S/C19H21N3O3S/c1-25-15-5-7-16(8-6-15)26(23,24)22-12-9-17-18(3-2-4-19(17)22)21-13-10-20-11-14-21/h2-9,12,20H,10-11,13-14H2,1H3. The van der Waals surface area contributed by atoms with Crippen LogP contribution >= 0.6 is 0 Å². The van der Waals surface area contributed by atoms with Crippen molar-refractivity contribution in [2.24, 2.45) is 0 Å². The van der Waals surface area contributed by atoms with Crippen LogP contribution in [0.3, 0.4) is 0 Å². The van der Waals surface area contributed by atoms with E-state index in [1.54, 1.807) is 37.6 Å². The summed E-state index contributed by atoms with van der Waals surface area (Å²) in [5.74, 6) is 0.627. The number of ether oxygens (including phenoxy) is 1. The van der Waals surface area contributed by atoms with E-state index < -0.39 is 10.0 Å². The van der Waals surface area contributed by atoms with Gasteiger partial charge in [-0.3, -0.25) is 0 Å². The molecule has 2 heterocycles. The van der Waals surface area contributed by atoms with Gasteiger partial charge in [0.2, 0.25) is 0 Å². The summed E-state index contributed by atoms with van der Waals surface area (Å²) in [6.07, 6.45) is 1.63. The molecule has 0 bridgehead atoms. The summed E-state index contributed by atoms with van der Waals surface area (Å²) in [4.78, 5) is 2.53. The molecule has 0 unspecified atom stereocenters. The van der Waals surface area contributed by atoms with Crippen molar-refractivity contribution in [3.63, 3.8) is 0 Å². The molecule has 4 rings (SSSR count). The number of aromatic nitrogens is 1. The number of nitrogens with zero attached hydrogens (tertiary/aromatic N) is 2. The Morgan fingerprint density at radius 1 is 1.00 bits per heavy atom. The summed E-state index contributed by atoms with van der Waals surface area (Å²) in [5.41, 5.74) is 1.77. The van der Waals surface area contributed by atoms with Gasteiger partial charge in [0.15, 0.2) is 0 Å². The lowest BCUT2D eigenvalue weighted by molar-refractivity contribution is 0.414. The number of piperazine rings is 1. The minimum Gasteiger partial charge on any atom is -0.497 e.